The van der Waals surface area contributed by atoms with Crippen molar-refractivity contribution in [2.24, 2.45) is 10.3 Å². The van der Waals surface area contributed by atoms with E-state index >= 15 is 0 Å². The molecule has 0 saturated carbocycles. The predicted molar refractivity (Wildman–Crippen MR) is 125 cm³/mol. The maximum Gasteiger partial charge on any atom is 0.417 e. The van der Waals surface area contributed by atoms with E-state index in [-0.39, 0.29) is 16.4 Å². The summed E-state index contributed by atoms with van der Waals surface area (Å²) in [5, 5.41) is 7.21. The Morgan fingerprint density at radius 2 is 1.50 bits per heavy atom. The van der Waals surface area contributed by atoms with Crippen LogP contribution in [0.4, 0.5) is 13.2 Å². The van der Waals surface area contributed by atoms with Crippen molar-refractivity contribution in [1.29, 1.82) is 0 Å². The van der Waals surface area contributed by atoms with E-state index in [0.717, 1.165) is 18.4 Å². The molecule has 0 bridgehead atoms. The summed E-state index contributed by atoms with van der Waals surface area (Å²) in [6.45, 7) is 12.5. The van der Waals surface area contributed by atoms with Crippen LogP contribution in [-0.4, -0.2) is 13.2 Å². The van der Waals surface area contributed by atoms with Gasteiger partial charge < -0.3 is 0 Å². The summed E-state index contributed by atoms with van der Waals surface area (Å²) < 4.78 is 42.0. The summed E-state index contributed by atoms with van der Waals surface area (Å²) in [7, 11) is 1.51. The molecule has 1 N–H and O–H groups in total. The molecule has 1 aliphatic carbocycles. The number of benzene rings is 2. The molecule has 0 fully saturated rings. The van der Waals surface area contributed by atoms with E-state index in [2.05, 4.69) is 50.0 Å². The summed E-state index contributed by atoms with van der Waals surface area (Å²) in [4.78, 5) is 0. The number of alkyl halides is 3. The third-order valence-electron chi connectivity index (χ3n) is 6.32. The van der Waals surface area contributed by atoms with Crippen LogP contribution < -0.4 is 5.43 Å². The summed E-state index contributed by atoms with van der Waals surface area (Å²) in [6, 6.07) is 11.8. The molecule has 32 heavy (non-hydrogen) atoms. The van der Waals surface area contributed by atoms with E-state index < -0.39 is 11.7 Å². The SMILES string of the molecule is C=C(NN=NC)c1ccc(/C(=C\c2ccc3c(c2)C(C)(C)CCC3(C)C)C(F)(F)F)cc1. The van der Waals surface area contributed by atoms with Crippen molar-refractivity contribution in [2.75, 3.05) is 7.05 Å². The number of allylic oxidation sites excluding steroid dienone is 1. The van der Waals surface area contributed by atoms with Crippen LogP contribution in [0, 0.1) is 0 Å². The van der Waals surface area contributed by atoms with E-state index in [1.807, 2.05) is 12.1 Å². The number of hydrogen-bond acceptors (Lipinski definition) is 2. The number of nitrogens with one attached hydrogen (secondary N) is 1. The molecule has 0 atom stereocenters. The van der Waals surface area contributed by atoms with E-state index in [0.29, 0.717) is 16.8 Å². The van der Waals surface area contributed by atoms with Gasteiger partial charge in [0, 0.05) is 0 Å². The molecule has 0 aliphatic heterocycles. The van der Waals surface area contributed by atoms with Gasteiger partial charge >= 0.3 is 6.18 Å². The molecule has 0 radical (unpaired) electrons. The first kappa shape index (κ1) is 23.8. The Morgan fingerprint density at radius 1 is 0.938 bits per heavy atom. The predicted octanol–water partition coefficient (Wildman–Crippen LogP) is 7.70. The fourth-order valence-electron chi connectivity index (χ4n) is 4.22. The second-order valence-corrected chi connectivity index (χ2v) is 9.60. The van der Waals surface area contributed by atoms with Crippen molar-refractivity contribution < 1.29 is 13.2 Å². The molecule has 2 aromatic carbocycles. The minimum Gasteiger partial charge on any atom is -0.260 e. The standard InChI is InChI=1S/C26H30F3N3/c1-17(31-32-30-6)19-8-10-20(11-9-19)22(26(27,28)29)15-18-7-12-21-23(16-18)25(4,5)14-13-24(21,2)3/h7-12,15-16H,1,13-14H2,2-6H3,(H,30,31)/b22-15+. The van der Waals surface area contributed by atoms with Crippen molar-refractivity contribution in [3.8, 4) is 0 Å². The number of fused-ring (bicyclic) bond motifs is 1. The first-order valence-corrected chi connectivity index (χ1v) is 10.6. The third kappa shape index (κ3) is 4.95. The highest BCUT2D eigenvalue weighted by molar-refractivity contribution is 5.85. The maximum absolute atomic E-state index is 14.0. The summed E-state index contributed by atoms with van der Waals surface area (Å²) in [5.41, 5.74) is 6.01. The Bertz CT molecular complexity index is 1060. The lowest BCUT2D eigenvalue weighted by atomic mass is 9.63. The molecule has 3 rings (SSSR count). The largest absolute Gasteiger partial charge is 0.417 e. The molecular weight excluding hydrogens is 411 g/mol. The molecule has 0 heterocycles. The van der Waals surface area contributed by atoms with E-state index in [1.54, 1.807) is 18.2 Å². The fraction of sp³-hybridized carbons (Fsp3) is 0.385. The van der Waals surface area contributed by atoms with Gasteiger partial charge in [-0.05, 0) is 57.6 Å². The van der Waals surface area contributed by atoms with Gasteiger partial charge in [-0.2, -0.15) is 18.3 Å². The minimum atomic E-state index is -4.49. The highest BCUT2D eigenvalue weighted by Crippen LogP contribution is 2.46. The molecule has 0 spiro atoms. The van der Waals surface area contributed by atoms with Crippen molar-refractivity contribution >= 4 is 17.3 Å². The Morgan fingerprint density at radius 3 is 2.06 bits per heavy atom. The van der Waals surface area contributed by atoms with E-state index in [4.69, 9.17) is 0 Å². The zero-order chi connectivity index (χ0) is 23.7. The highest BCUT2D eigenvalue weighted by atomic mass is 19.4. The normalized spacial score (nSPS) is 17.8. The minimum absolute atomic E-state index is 0.0174. The van der Waals surface area contributed by atoms with Gasteiger partial charge in [0.05, 0.1) is 18.3 Å². The van der Waals surface area contributed by atoms with Crippen LogP contribution in [0.25, 0.3) is 17.3 Å². The zero-order valence-electron chi connectivity index (χ0n) is 19.3. The van der Waals surface area contributed by atoms with Crippen LogP contribution in [0.5, 0.6) is 0 Å². The van der Waals surface area contributed by atoms with Gasteiger partial charge in [0.15, 0.2) is 0 Å². The van der Waals surface area contributed by atoms with Gasteiger partial charge in [-0.1, -0.05) is 82.0 Å². The summed E-state index contributed by atoms with van der Waals surface area (Å²) in [6.07, 6.45) is -1.19. The van der Waals surface area contributed by atoms with Crippen molar-refractivity contribution in [2.45, 2.75) is 57.5 Å². The van der Waals surface area contributed by atoms with Crippen LogP contribution in [0.3, 0.4) is 0 Å². The van der Waals surface area contributed by atoms with Gasteiger partial charge in [-0.25, -0.2) is 0 Å². The molecule has 0 amide bonds. The lowest BCUT2D eigenvalue weighted by molar-refractivity contribution is -0.0683. The first-order valence-electron chi connectivity index (χ1n) is 10.6. The van der Waals surface area contributed by atoms with Crippen molar-refractivity contribution in [1.82, 2.24) is 5.43 Å². The Labute approximate surface area is 188 Å². The quantitative estimate of drug-likeness (QED) is 0.288. The van der Waals surface area contributed by atoms with Gasteiger partial charge in [0.2, 0.25) is 0 Å². The van der Waals surface area contributed by atoms with Crippen LogP contribution in [0.2, 0.25) is 0 Å². The van der Waals surface area contributed by atoms with Gasteiger partial charge in [0.1, 0.15) is 0 Å². The maximum atomic E-state index is 14.0. The van der Waals surface area contributed by atoms with Gasteiger partial charge in [-0.15, -0.1) is 0 Å². The Kier molecular flexibility index (Phi) is 6.36. The highest BCUT2D eigenvalue weighted by Gasteiger charge is 2.38. The summed E-state index contributed by atoms with van der Waals surface area (Å²) >= 11 is 0. The van der Waals surface area contributed by atoms with Crippen molar-refractivity contribution in [3.63, 3.8) is 0 Å². The van der Waals surface area contributed by atoms with Crippen molar-refractivity contribution in [3.05, 3.63) is 76.9 Å². The number of rotatable bonds is 5. The average Bonchev–Trinajstić information content (AvgIpc) is 2.73. The molecule has 0 saturated heterocycles. The second kappa shape index (κ2) is 8.57. The third-order valence-corrected chi connectivity index (χ3v) is 6.32. The van der Waals surface area contributed by atoms with Gasteiger partial charge in [0.25, 0.3) is 0 Å². The lowest BCUT2D eigenvalue weighted by Crippen LogP contribution is -2.33. The molecule has 6 heteroatoms. The molecule has 1 aliphatic rings. The first-order chi connectivity index (χ1) is 14.8. The summed E-state index contributed by atoms with van der Waals surface area (Å²) in [5.74, 6) is 0. The molecule has 170 valence electrons. The van der Waals surface area contributed by atoms with Gasteiger partial charge in [-0.3, -0.25) is 5.43 Å². The molecule has 0 unspecified atom stereocenters. The Hall–Kier alpha value is -2.89. The molecule has 3 nitrogen and oxygen atoms in total. The van der Waals surface area contributed by atoms with Crippen LogP contribution in [0.1, 0.15) is 68.4 Å². The second-order valence-electron chi connectivity index (χ2n) is 9.60. The van der Waals surface area contributed by atoms with Crippen LogP contribution >= 0.6 is 0 Å². The van der Waals surface area contributed by atoms with E-state index in [1.165, 1.54) is 30.8 Å². The lowest BCUT2D eigenvalue weighted by Gasteiger charge is -2.42. The molecule has 2 aromatic rings. The smallest absolute Gasteiger partial charge is 0.260 e. The zero-order valence-corrected chi connectivity index (χ0v) is 19.3. The van der Waals surface area contributed by atoms with Crippen LogP contribution in [-0.2, 0) is 10.8 Å². The van der Waals surface area contributed by atoms with E-state index in [9.17, 15) is 13.2 Å². The topological polar surface area (TPSA) is 36.8 Å². The van der Waals surface area contributed by atoms with Crippen LogP contribution in [0.15, 0.2) is 59.4 Å². The fourth-order valence-corrected chi connectivity index (χ4v) is 4.22. The molecule has 0 aromatic heterocycles. The number of halogens is 3. The number of nitrogens with zero attached hydrogens (tertiary/aromatic N) is 2. The molecular formula is C26H30F3N3. The Balaban J connectivity index is 2.03. The average molecular weight is 442 g/mol. The monoisotopic (exact) mass is 441 g/mol. The number of hydrogen-bond donors (Lipinski definition) is 1.